The second-order valence-electron chi connectivity index (χ2n) is 5.20. The van der Waals surface area contributed by atoms with E-state index in [4.69, 9.17) is 9.90 Å². The second-order valence-corrected chi connectivity index (χ2v) is 5.20. The Kier molecular flexibility index (Phi) is 6.56. The number of benzene rings is 1. The van der Waals surface area contributed by atoms with Gasteiger partial charge in [0.05, 0.1) is 11.1 Å². The largest absolute Gasteiger partial charge is 0.483 e. The molecular formula is C15H19F3N2O3. The van der Waals surface area contributed by atoms with Crippen molar-refractivity contribution in [1.82, 2.24) is 10.6 Å². The Balaban J connectivity index is 0.000000816. The van der Waals surface area contributed by atoms with Crippen molar-refractivity contribution in [2.45, 2.75) is 31.5 Å². The number of carbonyl (C=O) groups is 2. The number of alkyl halides is 3. The van der Waals surface area contributed by atoms with Gasteiger partial charge in [-0.25, -0.2) is 0 Å². The molecule has 1 aliphatic heterocycles. The molecule has 3 N–H and O–H groups in total. The standard InChI is InChI=1S/C14H17F3N2O.CH2O2/c1-10(20)19-13(5-7-18-8-6-13)11-3-2-4-12(9-11)14(15,16)17;2-1-3/h2-4,9,18H,5-8H2,1H3,(H,19,20);1H,(H,2,3). The number of nitrogens with one attached hydrogen (secondary N) is 2. The minimum absolute atomic E-state index is 0.232. The van der Waals surface area contributed by atoms with Crippen molar-refractivity contribution in [3.8, 4) is 0 Å². The van der Waals surface area contributed by atoms with Crippen LogP contribution in [-0.4, -0.2) is 30.6 Å². The van der Waals surface area contributed by atoms with Crippen molar-refractivity contribution in [1.29, 1.82) is 0 Å². The maximum absolute atomic E-state index is 12.8. The van der Waals surface area contributed by atoms with Crippen LogP contribution in [0, 0.1) is 0 Å². The van der Waals surface area contributed by atoms with Gasteiger partial charge in [-0.05, 0) is 43.6 Å². The normalized spacial score (nSPS) is 16.7. The molecule has 0 aromatic heterocycles. The van der Waals surface area contributed by atoms with E-state index in [0.717, 1.165) is 12.1 Å². The minimum atomic E-state index is -4.37. The number of carbonyl (C=O) groups excluding carboxylic acids is 1. The zero-order chi connectivity index (χ0) is 17.5. The van der Waals surface area contributed by atoms with Crippen LogP contribution in [0.2, 0.25) is 0 Å². The SMILES string of the molecule is CC(=O)NC1(c2cccc(C(F)(F)F)c2)CCNCC1.O=CO. The molecule has 1 aromatic carbocycles. The van der Waals surface area contributed by atoms with E-state index in [-0.39, 0.29) is 12.4 Å². The van der Waals surface area contributed by atoms with Crippen molar-refractivity contribution in [2.24, 2.45) is 0 Å². The molecule has 1 amide bonds. The zero-order valence-corrected chi connectivity index (χ0v) is 12.6. The van der Waals surface area contributed by atoms with Crippen molar-refractivity contribution >= 4 is 12.4 Å². The highest BCUT2D eigenvalue weighted by atomic mass is 19.4. The van der Waals surface area contributed by atoms with Gasteiger partial charge in [0, 0.05) is 6.92 Å². The average Bonchev–Trinajstić information content (AvgIpc) is 2.47. The molecular weight excluding hydrogens is 313 g/mol. The maximum Gasteiger partial charge on any atom is 0.416 e. The van der Waals surface area contributed by atoms with E-state index in [2.05, 4.69) is 10.6 Å². The molecule has 8 heteroatoms. The highest BCUT2D eigenvalue weighted by Gasteiger charge is 2.37. The fraction of sp³-hybridized carbons (Fsp3) is 0.467. The van der Waals surface area contributed by atoms with Crippen LogP contribution in [0.25, 0.3) is 0 Å². The summed E-state index contributed by atoms with van der Waals surface area (Å²) in [5, 5.41) is 12.9. The molecule has 0 unspecified atom stereocenters. The van der Waals surface area contributed by atoms with Crippen molar-refractivity contribution < 1.29 is 27.9 Å². The Morgan fingerprint density at radius 1 is 1.35 bits per heavy atom. The van der Waals surface area contributed by atoms with Gasteiger partial charge in [0.15, 0.2) is 0 Å². The molecule has 0 atom stereocenters. The van der Waals surface area contributed by atoms with Gasteiger partial charge in [0.1, 0.15) is 0 Å². The first-order chi connectivity index (χ1) is 10.7. The van der Waals surface area contributed by atoms with Gasteiger partial charge in [-0.3, -0.25) is 9.59 Å². The lowest BCUT2D eigenvalue weighted by molar-refractivity contribution is -0.137. The van der Waals surface area contributed by atoms with Gasteiger partial charge < -0.3 is 15.7 Å². The summed E-state index contributed by atoms with van der Waals surface area (Å²) in [6.07, 6.45) is -3.22. The van der Waals surface area contributed by atoms with E-state index in [0.29, 0.717) is 31.5 Å². The Bertz CT molecular complexity index is 541. The number of piperidine rings is 1. The molecule has 5 nitrogen and oxygen atoms in total. The third kappa shape index (κ3) is 5.24. The molecule has 128 valence electrons. The number of halogens is 3. The van der Waals surface area contributed by atoms with E-state index in [1.54, 1.807) is 6.07 Å². The Hall–Kier alpha value is -2.09. The highest BCUT2D eigenvalue weighted by Crippen LogP contribution is 2.35. The number of rotatable bonds is 2. The van der Waals surface area contributed by atoms with Gasteiger partial charge in [0.25, 0.3) is 6.47 Å². The van der Waals surface area contributed by atoms with E-state index in [9.17, 15) is 18.0 Å². The Morgan fingerprint density at radius 3 is 2.39 bits per heavy atom. The van der Waals surface area contributed by atoms with Gasteiger partial charge in [-0.2, -0.15) is 13.2 Å². The lowest BCUT2D eigenvalue weighted by atomic mass is 9.80. The summed E-state index contributed by atoms with van der Waals surface area (Å²) in [5.74, 6) is -0.232. The van der Waals surface area contributed by atoms with Gasteiger partial charge in [-0.15, -0.1) is 0 Å². The summed E-state index contributed by atoms with van der Waals surface area (Å²) < 4.78 is 38.5. The maximum atomic E-state index is 12.8. The zero-order valence-electron chi connectivity index (χ0n) is 12.6. The summed E-state index contributed by atoms with van der Waals surface area (Å²) in [4.78, 5) is 19.8. The number of amides is 1. The van der Waals surface area contributed by atoms with Crippen LogP contribution in [0.15, 0.2) is 24.3 Å². The first kappa shape index (κ1) is 19.0. The van der Waals surface area contributed by atoms with Gasteiger partial charge in [-0.1, -0.05) is 12.1 Å². The predicted octanol–water partition coefficient (Wildman–Crippen LogP) is 2.12. The van der Waals surface area contributed by atoms with Crippen molar-refractivity contribution in [3.05, 3.63) is 35.4 Å². The van der Waals surface area contributed by atoms with Crippen LogP contribution in [-0.2, 0) is 21.3 Å². The van der Waals surface area contributed by atoms with E-state index < -0.39 is 17.3 Å². The molecule has 0 aliphatic carbocycles. The second kappa shape index (κ2) is 7.96. The smallest absolute Gasteiger partial charge is 0.416 e. The van der Waals surface area contributed by atoms with Crippen molar-refractivity contribution in [2.75, 3.05) is 13.1 Å². The summed E-state index contributed by atoms with van der Waals surface area (Å²) in [7, 11) is 0. The lowest BCUT2D eigenvalue weighted by Gasteiger charge is -2.39. The molecule has 1 heterocycles. The molecule has 23 heavy (non-hydrogen) atoms. The van der Waals surface area contributed by atoms with Crippen LogP contribution in [0.4, 0.5) is 13.2 Å². The number of hydrogen-bond donors (Lipinski definition) is 3. The molecule has 0 spiro atoms. The number of carboxylic acid groups (broad SMARTS) is 1. The van der Waals surface area contributed by atoms with Crippen LogP contribution in [0.5, 0.6) is 0 Å². The van der Waals surface area contributed by atoms with Gasteiger partial charge >= 0.3 is 6.18 Å². The molecule has 0 bridgehead atoms. The molecule has 1 saturated heterocycles. The molecule has 2 rings (SSSR count). The summed E-state index contributed by atoms with van der Waals surface area (Å²) in [5.41, 5.74) is -0.875. The first-order valence-corrected chi connectivity index (χ1v) is 7.00. The minimum Gasteiger partial charge on any atom is -0.483 e. The topological polar surface area (TPSA) is 78.4 Å². The third-order valence-corrected chi connectivity index (χ3v) is 3.61. The van der Waals surface area contributed by atoms with Crippen LogP contribution in [0.3, 0.4) is 0 Å². The van der Waals surface area contributed by atoms with Crippen LogP contribution < -0.4 is 10.6 Å². The average molecular weight is 332 g/mol. The van der Waals surface area contributed by atoms with Crippen LogP contribution in [0.1, 0.15) is 30.9 Å². The Morgan fingerprint density at radius 2 is 1.91 bits per heavy atom. The lowest BCUT2D eigenvalue weighted by Crippen LogP contribution is -2.51. The monoisotopic (exact) mass is 332 g/mol. The predicted molar refractivity (Wildman–Crippen MR) is 77.7 cm³/mol. The van der Waals surface area contributed by atoms with E-state index in [1.807, 2.05) is 0 Å². The molecule has 1 aromatic rings. The third-order valence-electron chi connectivity index (χ3n) is 3.61. The summed E-state index contributed by atoms with van der Waals surface area (Å²) >= 11 is 0. The first-order valence-electron chi connectivity index (χ1n) is 7.00. The molecule has 0 saturated carbocycles. The summed E-state index contributed by atoms with van der Waals surface area (Å²) in [6.45, 7) is 2.46. The molecule has 1 aliphatic rings. The Labute approximate surface area is 131 Å². The van der Waals surface area contributed by atoms with Crippen molar-refractivity contribution in [3.63, 3.8) is 0 Å². The highest BCUT2D eigenvalue weighted by molar-refractivity contribution is 5.74. The fourth-order valence-corrected chi connectivity index (χ4v) is 2.67. The summed E-state index contributed by atoms with van der Waals surface area (Å²) in [6, 6.07) is 5.23. The number of hydrogen-bond acceptors (Lipinski definition) is 3. The van der Waals surface area contributed by atoms with E-state index in [1.165, 1.54) is 13.0 Å². The van der Waals surface area contributed by atoms with Gasteiger partial charge in [0.2, 0.25) is 5.91 Å². The molecule has 0 radical (unpaired) electrons. The molecule has 1 fully saturated rings. The van der Waals surface area contributed by atoms with Crippen LogP contribution >= 0.6 is 0 Å². The van der Waals surface area contributed by atoms with E-state index >= 15 is 0 Å². The fourth-order valence-electron chi connectivity index (χ4n) is 2.67. The quantitative estimate of drug-likeness (QED) is 0.725.